The van der Waals surface area contributed by atoms with Gasteiger partial charge >= 0.3 is 0 Å². The Morgan fingerprint density at radius 2 is 1.96 bits per heavy atom. The number of nitrogens with zero attached hydrogens (tertiary/aromatic N) is 5. The Hall–Kier alpha value is -2.58. The number of anilines is 1. The van der Waals surface area contributed by atoms with Gasteiger partial charge in [0, 0.05) is 25.7 Å². The molecule has 1 aromatic heterocycles. The lowest BCUT2D eigenvalue weighted by molar-refractivity contribution is 0.122. The van der Waals surface area contributed by atoms with Gasteiger partial charge in [-0.2, -0.15) is 15.2 Å². The minimum absolute atomic E-state index is 0.370. The number of morpholine rings is 1. The van der Waals surface area contributed by atoms with Crippen LogP contribution in [0.5, 0.6) is 5.88 Å². The molecule has 0 amide bonds. The molecule has 8 nitrogen and oxygen atoms in total. The van der Waals surface area contributed by atoms with Crippen molar-refractivity contribution in [3.05, 3.63) is 41.1 Å². The van der Waals surface area contributed by atoms with Crippen LogP contribution in [0.1, 0.15) is 16.8 Å². The van der Waals surface area contributed by atoms with Crippen LogP contribution in [-0.4, -0.2) is 56.5 Å². The maximum atomic E-state index is 5.77. The number of aromatic nitrogens is 2. The maximum absolute atomic E-state index is 5.77. The number of rotatable bonds is 8. The van der Waals surface area contributed by atoms with E-state index in [1.165, 1.54) is 11.1 Å². The number of hydrogen-bond acceptors (Lipinski definition) is 8. The van der Waals surface area contributed by atoms with E-state index in [4.69, 9.17) is 9.47 Å². The van der Waals surface area contributed by atoms with Crippen molar-refractivity contribution in [3.8, 4) is 5.88 Å². The van der Waals surface area contributed by atoms with E-state index in [1.807, 2.05) is 25.2 Å². The van der Waals surface area contributed by atoms with E-state index in [0.717, 1.165) is 31.0 Å². The summed E-state index contributed by atoms with van der Waals surface area (Å²) in [6.07, 6.45) is 0. The lowest BCUT2D eigenvalue weighted by atomic mass is 10.1. The van der Waals surface area contributed by atoms with Gasteiger partial charge in [-0.1, -0.05) is 6.07 Å². The molecular weight excluding hydrogens is 356 g/mol. The molecule has 1 fully saturated rings. The molecule has 2 aromatic rings. The summed E-state index contributed by atoms with van der Waals surface area (Å²) >= 11 is 0. The second kappa shape index (κ2) is 10.1. The molecule has 1 saturated heterocycles. The van der Waals surface area contributed by atoms with Crippen molar-refractivity contribution in [1.82, 2.24) is 15.3 Å². The summed E-state index contributed by atoms with van der Waals surface area (Å²) < 4.78 is 11.2. The lowest BCUT2D eigenvalue weighted by Gasteiger charge is -2.27. The maximum Gasteiger partial charge on any atom is 0.229 e. The van der Waals surface area contributed by atoms with Crippen LogP contribution in [0.15, 0.2) is 34.5 Å². The zero-order valence-corrected chi connectivity index (χ0v) is 16.8. The van der Waals surface area contributed by atoms with E-state index >= 15 is 0 Å². The van der Waals surface area contributed by atoms with Crippen molar-refractivity contribution >= 4 is 11.6 Å². The van der Waals surface area contributed by atoms with Crippen LogP contribution in [0, 0.1) is 13.8 Å². The van der Waals surface area contributed by atoms with Gasteiger partial charge in [-0.15, -0.1) is 0 Å². The van der Waals surface area contributed by atoms with Crippen molar-refractivity contribution in [2.24, 2.45) is 10.2 Å². The second-order valence-electron chi connectivity index (χ2n) is 6.72. The van der Waals surface area contributed by atoms with Crippen LogP contribution >= 0.6 is 0 Å². The van der Waals surface area contributed by atoms with Crippen LogP contribution < -0.4 is 15.0 Å². The van der Waals surface area contributed by atoms with E-state index in [-0.39, 0.29) is 0 Å². The van der Waals surface area contributed by atoms with Crippen molar-refractivity contribution in [1.29, 1.82) is 0 Å². The Balaban J connectivity index is 1.74. The molecule has 28 heavy (non-hydrogen) atoms. The first kappa shape index (κ1) is 20.2. The minimum atomic E-state index is 0.370. The molecule has 1 N–H and O–H groups in total. The number of aryl methyl sites for hydroxylation is 2. The van der Waals surface area contributed by atoms with Gasteiger partial charge in [-0.3, -0.25) is 0 Å². The van der Waals surface area contributed by atoms with Crippen molar-refractivity contribution < 1.29 is 9.47 Å². The number of nitrogens with one attached hydrogen (secondary N) is 1. The fraction of sp³-hybridized carbons (Fsp3) is 0.500. The number of benzene rings is 1. The second-order valence-corrected chi connectivity index (χ2v) is 6.72. The topological polar surface area (TPSA) is 84.2 Å². The third-order valence-electron chi connectivity index (χ3n) is 4.55. The van der Waals surface area contributed by atoms with Crippen LogP contribution in [-0.2, 0) is 11.3 Å². The SMILES string of the molecule is CNCCOc1cc(CN=Nc2ccc(C)c(C)c2)nc(N2CCOCC2)n1. The fourth-order valence-electron chi connectivity index (χ4n) is 2.75. The molecule has 1 aromatic carbocycles. The zero-order chi connectivity index (χ0) is 19.8. The molecule has 8 heteroatoms. The van der Waals surface area contributed by atoms with Crippen LogP contribution in [0.4, 0.5) is 11.6 Å². The molecule has 0 spiro atoms. The molecule has 0 unspecified atom stereocenters. The normalized spacial score (nSPS) is 14.6. The number of azo groups is 1. The Morgan fingerprint density at radius 1 is 1.14 bits per heavy atom. The van der Waals surface area contributed by atoms with Gasteiger partial charge in [0.25, 0.3) is 0 Å². The molecule has 1 aliphatic rings. The molecule has 0 radical (unpaired) electrons. The first-order valence-electron chi connectivity index (χ1n) is 9.58. The highest BCUT2D eigenvalue weighted by atomic mass is 16.5. The summed E-state index contributed by atoms with van der Waals surface area (Å²) in [6, 6.07) is 7.89. The van der Waals surface area contributed by atoms with Gasteiger partial charge < -0.3 is 19.7 Å². The standard InChI is InChI=1S/C20H28N6O2/c1-15-4-5-17(12-16(15)2)25-22-14-18-13-19(28-9-6-21-3)24-20(23-18)26-7-10-27-11-8-26/h4-5,12-13,21H,6-11,14H2,1-3H3. The summed E-state index contributed by atoms with van der Waals surface area (Å²) in [5.41, 5.74) is 4.07. The van der Waals surface area contributed by atoms with Crippen LogP contribution in [0.25, 0.3) is 0 Å². The third-order valence-corrected chi connectivity index (χ3v) is 4.55. The molecule has 3 rings (SSSR count). The van der Waals surface area contributed by atoms with E-state index < -0.39 is 0 Å². The summed E-state index contributed by atoms with van der Waals surface area (Å²) in [7, 11) is 1.89. The Bertz CT molecular complexity index is 805. The summed E-state index contributed by atoms with van der Waals surface area (Å²) in [5.74, 6) is 1.21. The fourth-order valence-corrected chi connectivity index (χ4v) is 2.75. The van der Waals surface area contributed by atoms with E-state index in [1.54, 1.807) is 0 Å². The van der Waals surface area contributed by atoms with Gasteiger partial charge in [0.15, 0.2) is 0 Å². The average molecular weight is 384 g/mol. The van der Waals surface area contributed by atoms with E-state index in [0.29, 0.717) is 38.2 Å². The Labute approximate surface area is 166 Å². The Morgan fingerprint density at radius 3 is 2.71 bits per heavy atom. The van der Waals surface area contributed by atoms with Gasteiger partial charge in [0.2, 0.25) is 11.8 Å². The summed E-state index contributed by atoms with van der Waals surface area (Å²) in [5, 5.41) is 11.7. The monoisotopic (exact) mass is 384 g/mol. The summed E-state index contributed by atoms with van der Waals surface area (Å²) in [4.78, 5) is 11.3. The molecule has 1 aliphatic heterocycles. The van der Waals surface area contributed by atoms with Crippen molar-refractivity contribution in [2.75, 3.05) is 51.4 Å². The van der Waals surface area contributed by atoms with Crippen molar-refractivity contribution in [3.63, 3.8) is 0 Å². The molecule has 0 atom stereocenters. The van der Waals surface area contributed by atoms with Crippen LogP contribution in [0.3, 0.4) is 0 Å². The van der Waals surface area contributed by atoms with Gasteiger partial charge in [0.05, 0.1) is 24.6 Å². The molecule has 0 bridgehead atoms. The van der Waals surface area contributed by atoms with Crippen molar-refractivity contribution in [2.45, 2.75) is 20.4 Å². The first-order chi connectivity index (χ1) is 13.7. The Kier molecular flexibility index (Phi) is 7.27. The van der Waals surface area contributed by atoms with Gasteiger partial charge in [-0.25, -0.2) is 4.98 Å². The first-order valence-corrected chi connectivity index (χ1v) is 9.58. The highest BCUT2D eigenvalue weighted by molar-refractivity contribution is 5.42. The molecule has 0 saturated carbocycles. The van der Waals surface area contributed by atoms with Gasteiger partial charge in [0.1, 0.15) is 13.2 Å². The quantitative estimate of drug-likeness (QED) is 0.556. The largest absolute Gasteiger partial charge is 0.476 e. The zero-order valence-electron chi connectivity index (χ0n) is 16.8. The predicted molar refractivity (Wildman–Crippen MR) is 109 cm³/mol. The van der Waals surface area contributed by atoms with E-state index in [9.17, 15) is 0 Å². The van der Waals surface area contributed by atoms with Gasteiger partial charge in [-0.05, 0) is 44.2 Å². The molecule has 150 valence electrons. The van der Waals surface area contributed by atoms with E-state index in [2.05, 4.69) is 50.3 Å². The van der Waals surface area contributed by atoms with Crippen LogP contribution in [0.2, 0.25) is 0 Å². The molecule has 0 aliphatic carbocycles. The third kappa shape index (κ3) is 5.71. The molecule has 2 heterocycles. The number of hydrogen-bond donors (Lipinski definition) is 1. The highest BCUT2D eigenvalue weighted by Crippen LogP contribution is 2.20. The minimum Gasteiger partial charge on any atom is -0.476 e. The number of ether oxygens (including phenoxy) is 2. The highest BCUT2D eigenvalue weighted by Gasteiger charge is 2.16. The average Bonchev–Trinajstić information content (AvgIpc) is 2.71. The number of likely N-dealkylation sites (N-methyl/N-ethyl adjacent to an activating group) is 1. The predicted octanol–water partition coefficient (Wildman–Crippen LogP) is 2.81. The lowest BCUT2D eigenvalue weighted by Crippen LogP contribution is -2.37. The molecular formula is C20H28N6O2. The summed E-state index contributed by atoms with van der Waals surface area (Å²) in [6.45, 7) is 8.70. The smallest absolute Gasteiger partial charge is 0.229 e.